The number of thiazole rings is 1. The number of pyridine rings is 1. The summed E-state index contributed by atoms with van der Waals surface area (Å²) in [5.41, 5.74) is -0.180. The average molecular weight is 464 g/mol. The van der Waals surface area contributed by atoms with Gasteiger partial charge in [-0.05, 0) is 29.8 Å². The number of carbonyl (C=O) groups excluding carboxylic acids is 1. The van der Waals surface area contributed by atoms with E-state index in [0.29, 0.717) is 5.69 Å². The fourth-order valence-corrected chi connectivity index (χ4v) is 4.22. The largest absolute Gasteiger partial charge is 0.435 e. The minimum Gasteiger partial charge on any atom is -0.365 e. The van der Waals surface area contributed by atoms with Crippen molar-refractivity contribution >= 4 is 46.1 Å². The molecule has 0 atom stereocenters. The van der Waals surface area contributed by atoms with E-state index in [4.69, 9.17) is 11.6 Å². The van der Waals surface area contributed by atoms with Crippen molar-refractivity contribution < 1.29 is 22.4 Å². The quantitative estimate of drug-likeness (QED) is 0.278. The number of hydrogen-bond donors (Lipinski definition) is 1. The van der Waals surface area contributed by atoms with E-state index in [1.165, 1.54) is 19.2 Å². The Bertz CT molecular complexity index is 952. The maximum atomic E-state index is 13.6. The van der Waals surface area contributed by atoms with E-state index in [0.717, 1.165) is 35.5 Å². The Morgan fingerprint density at radius 2 is 2.03 bits per heavy atom. The lowest BCUT2D eigenvalue weighted by molar-refractivity contribution is -0.142. The van der Waals surface area contributed by atoms with E-state index in [1.807, 2.05) is 0 Å². The van der Waals surface area contributed by atoms with Crippen LogP contribution in [-0.2, 0) is 11.9 Å². The van der Waals surface area contributed by atoms with E-state index >= 15 is 0 Å². The van der Waals surface area contributed by atoms with Crippen molar-refractivity contribution in [2.75, 3.05) is 12.4 Å². The Labute approximate surface area is 177 Å². The van der Waals surface area contributed by atoms with Gasteiger partial charge < -0.3 is 5.32 Å². The average Bonchev–Trinajstić information content (AvgIpc) is 3.12. The summed E-state index contributed by atoms with van der Waals surface area (Å²) in [7, 11) is 1.49. The maximum Gasteiger partial charge on any atom is 0.435 e. The van der Waals surface area contributed by atoms with Crippen LogP contribution < -0.4 is 5.32 Å². The number of hydrogen-bond acceptors (Lipinski definition) is 6. The number of benzene rings is 1. The van der Waals surface area contributed by atoms with Crippen molar-refractivity contribution in [1.82, 2.24) is 9.97 Å². The second-order valence-corrected chi connectivity index (χ2v) is 7.98. The van der Waals surface area contributed by atoms with Crippen LogP contribution >= 0.6 is 34.7 Å². The van der Waals surface area contributed by atoms with Crippen molar-refractivity contribution in [2.45, 2.75) is 16.1 Å². The molecule has 0 saturated heterocycles. The summed E-state index contributed by atoms with van der Waals surface area (Å²) >= 11 is 7.41. The molecule has 0 aliphatic carbocycles. The Hall–Kier alpha value is -2.17. The molecule has 0 amide bonds. The summed E-state index contributed by atoms with van der Waals surface area (Å²) in [6, 6.07) is 9.29. The number of halogens is 5. The van der Waals surface area contributed by atoms with Crippen LogP contribution in [0, 0.1) is 5.82 Å². The van der Waals surface area contributed by atoms with Crippen LogP contribution in [0.5, 0.6) is 0 Å². The topological polar surface area (TPSA) is 54.9 Å². The van der Waals surface area contributed by atoms with Gasteiger partial charge in [0.25, 0.3) is 0 Å². The first kappa shape index (κ1) is 23.1. The second kappa shape index (κ2) is 10.6. The third-order valence-corrected chi connectivity index (χ3v) is 5.88. The van der Waals surface area contributed by atoms with Crippen molar-refractivity contribution in [3.8, 4) is 0 Å². The molecule has 3 rings (SSSR count). The number of carbonyl (C=O) groups is 1. The van der Waals surface area contributed by atoms with E-state index < -0.39 is 17.7 Å². The summed E-state index contributed by atoms with van der Waals surface area (Å²) in [4.78, 5) is 17.2. The number of anilines is 1. The fraction of sp³-hybridized carbons (Fsp3) is 0.167. The molecule has 4 nitrogen and oxygen atoms in total. The molecule has 1 N–H and O–H groups in total. The molecule has 154 valence electrons. The zero-order valence-corrected chi connectivity index (χ0v) is 17.2. The highest BCUT2D eigenvalue weighted by molar-refractivity contribution is 8.00. The number of alkyl halides is 3. The molecule has 0 bridgehead atoms. The highest BCUT2D eigenvalue weighted by Gasteiger charge is 2.37. The maximum absolute atomic E-state index is 13.6. The molecule has 2 aromatic heterocycles. The van der Waals surface area contributed by atoms with Gasteiger partial charge in [-0.3, -0.25) is 9.78 Å². The molecule has 11 heteroatoms. The Balaban J connectivity index is 0.000000313. The number of thioether (sulfide) groups is 1. The minimum atomic E-state index is -4.54. The second-order valence-electron chi connectivity index (χ2n) is 5.30. The van der Waals surface area contributed by atoms with Crippen LogP contribution in [0.15, 0.2) is 46.8 Å². The van der Waals surface area contributed by atoms with Crippen LogP contribution in [0.4, 0.5) is 22.7 Å². The molecule has 0 radical (unpaired) electrons. The van der Waals surface area contributed by atoms with Gasteiger partial charge in [-0.1, -0.05) is 35.1 Å². The van der Waals surface area contributed by atoms with Crippen LogP contribution in [0.25, 0.3) is 0 Å². The van der Waals surface area contributed by atoms with Gasteiger partial charge in [0.2, 0.25) is 0 Å². The standard InChI is InChI=1S/C12H9ClF4N2S2.C6H5NO/c1-18-11-19-9(12(15,16)17)10(21-11)20-5-6-2-3-7(13)4-8(6)14;8-5-6-3-1-2-4-7-6/h2-4H,5H2,1H3,(H,18,19);1-5H. The SMILES string of the molecule is CNc1nc(C(F)(F)F)c(SCc2ccc(Cl)cc2F)s1.O=Cc1ccccn1. The highest BCUT2D eigenvalue weighted by atomic mass is 35.5. The summed E-state index contributed by atoms with van der Waals surface area (Å²) in [5, 5.41) is 2.99. The molecule has 3 aromatic rings. The van der Waals surface area contributed by atoms with E-state index in [9.17, 15) is 22.4 Å². The predicted octanol–water partition coefficient (Wildman–Crippen LogP) is 6.18. The zero-order chi connectivity index (χ0) is 21.4. The molecule has 0 fully saturated rings. The van der Waals surface area contributed by atoms with Crippen molar-refractivity contribution in [2.24, 2.45) is 0 Å². The first-order valence-corrected chi connectivity index (χ1v) is 10.1. The van der Waals surface area contributed by atoms with Gasteiger partial charge in [-0.25, -0.2) is 9.37 Å². The molecule has 0 unspecified atom stereocenters. The molecule has 0 spiro atoms. The van der Waals surface area contributed by atoms with Crippen molar-refractivity contribution in [3.63, 3.8) is 0 Å². The monoisotopic (exact) mass is 463 g/mol. The van der Waals surface area contributed by atoms with Crippen molar-refractivity contribution in [1.29, 1.82) is 0 Å². The van der Waals surface area contributed by atoms with Gasteiger partial charge in [-0.2, -0.15) is 13.2 Å². The number of aromatic nitrogens is 2. The van der Waals surface area contributed by atoms with Gasteiger partial charge in [0.15, 0.2) is 17.1 Å². The third-order valence-electron chi connectivity index (χ3n) is 3.26. The van der Waals surface area contributed by atoms with Crippen LogP contribution in [0.1, 0.15) is 21.7 Å². The molecule has 0 aliphatic rings. The third kappa shape index (κ3) is 6.98. The molecular formula is C18H14ClF4N3OS2. The fourth-order valence-electron chi connectivity index (χ4n) is 1.92. The number of rotatable bonds is 5. The predicted molar refractivity (Wildman–Crippen MR) is 107 cm³/mol. The van der Waals surface area contributed by atoms with Gasteiger partial charge in [0.1, 0.15) is 11.5 Å². The lowest BCUT2D eigenvalue weighted by Gasteiger charge is -2.06. The van der Waals surface area contributed by atoms with Gasteiger partial charge in [0, 0.05) is 24.0 Å². The first-order chi connectivity index (χ1) is 13.7. The molecular weight excluding hydrogens is 450 g/mol. The van der Waals surface area contributed by atoms with Gasteiger partial charge in [-0.15, -0.1) is 11.8 Å². The van der Waals surface area contributed by atoms with Gasteiger partial charge >= 0.3 is 6.18 Å². The molecule has 2 heterocycles. The Morgan fingerprint density at radius 1 is 1.28 bits per heavy atom. The normalized spacial score (nSPS) is 10.8. The number of nitrogens with one attached hydrogen (secondary N) is 1. The first-order valence-electron chi connectivity index (χ1n) is 7.93. The lowest BCUT2D eigenvalue weighted by atomic mass is 10.2. The minimum absolute atomic E-state index is 0.00111. The lowest BCUT2D eigenvalue weighted by Crippen LogP contribution is -2.07. The van der Waals surface area contributed by atoms with Crippen molar-refractivity contribution in [3.05, 3.63) is 70.4 Å². The molecule has 0 saturated carbocycles. The van der Waals surface area contributed by atoms with E-state index in [-0.39, 0.29) is 25.7 Å². The number of nitrogens with zero attached hydrogens (tertiary/aromatic N) is 2. The highest BCUT2D eigenvalue weighted by Crippen LogP contribution is 2.42. The Kier molecular flexibility index (Phi) is 8.42. The van der Waals surface area contributed by atoms with E-state index in [2.05, 4.69) is 15.3 Å². The Morgan fingerprint density at radius 3 is 2.55 bits per heavy atom. The summed E-state index contributed by atoms with van der Waals surface area (Å²) in [6.45, 7) is 0. The van der Waals surface area contributed by atoms with Crippen LogP contribution in [0.2, 0.25) is 5.02 Å². The summed E-state index contributed by atoms with van der Waals surface area (Å²) in [6.07, 6.45) is -2.23. The zero-order valence-electron chi connectivity index (χ0n) is 14.8. The van der Waals surface area contributed by atoms with Crippen LogP contribution in [-0.4, -0.2) is 23.3 Å². The molecule has 1 aromatic carbocycles. The van der Waals surface area contributed by atoms with E-state index in [1.54, 1.807) is 24.4 Å². The molecule has 29 heavy (non-hydrogen) atoms. The molecule has 0 aliphatic heterocycles. The summed E-state index contributed by atoms with van der Waals surface area (Å²) < 4.78 is 52.2. The summed E-state index contributed by atoms with van der Waals surface area (Å²) in [5.74, 6) is -0.473. The number of aldehydes is 1. The smallest absolute Gasteiger partial charge is 0.365 e. The van der Waals surface area contributed by atoms with Gasteiger partial charge in [0.05, 0.1) is 4.21 Å². The van der Waals surface area contributed by atoms with Crippen LogP contribution in [0.3, 0.4) is 0 Å².